The SMILES string of the molecule is Cn1c(-c2ccccc2C(F)(F)F)nnc1C(C)(C)Oc1ncccc1C#N. The van der Waals surface area contributed by atoms with E-state index in [1.807, 2.05) is 6.07 Å². The van der Waals surface area contributed by atoms with Gasteiger partial charge in [0.1, 0.15) is 11.6 Å². The average Bonchev–Trinajstić information content (AvgIpc) is 3.03. The molecule has 6 nitrogen and oxygen atoms in total. The van der Waals surface area contributed by atoms with Crippen molar-refractivity contribution in [2.24, 2.45) is 7.05 Å². The Kier molecular flexibility index (Phi) is 4.81. The van der Waals surface area contributed by atoms with Crippen LogP contribution in [0.15, 0.2) is 42.6 Å². The van der Waals surface area contributed by atoms with Crippen molar-refractivity contribution in [2.45, 2.75) is 25.6 Å². The second-order valence-electron chi connectivity index (χ2n) is 6.53. The summed E-state index contributed by atoms with van der Waals surface area (Å²) in [6.07, 6.45) is -3.04. The molecular formula is C19H16F3N5O. The summed E-state index contributed by atoms with van der Waals surface area (Å²) in [6.45, 7) is 3.35. The van der Waals surface area contributed by atoms with E-state index in [-0.39, 0.29) is 28.7 Å². The van der Waals surface area contributed by atoms with E-state index in [2.05, 4.69) is 15.2 Å². The maximum atomic E-state index is 13.4. The molecule has 0 atom stereocenters. The van der Waals surface area contributed by atoms with Crippen molar-refractivity contribution in [2.75, 3.05) is 0 Å². The zero-order valence-corrected chi connectivity index (χ0v) is 15.3. The van der Waals surface area contributed by atoms with Gasteiger partial charge in [-0.2, -0.15) is 18.4 Å². The largest absolute Gasteiger partial charge is 0.462 e. The van der Waals surface area contributed by atoms with Crippen LogP contribution in [0.4, 0.5) is 13.2 Å². The number of hydrogen-bond acceptors (Lipinski definition) is 5. The molecule has 0 aliphatic heterocycles. The van der Waals surface area contributed by atoms with Crippen molar-refractivity contribution in [3.63, 3.8) is 0 Å². The van der Waals surface area contributed by atoms with E-state index < -0.39 is 17.3 Å². The van der Waals surface area contributed by atoms with Gasteiger partial charge < -0.3 is 9.30 Å². The first kappa shape index (κ1) is 19.4. The lowest BCUT2D eigenvalue weighted by molar-refractivity contribution is -0.137. The molecule has 144 valence electrons. The molecular weight excluding hydrogens is 371 g/mol. The number of alkyl halides is 3. The monoisotopic (exact) mass is 387 g/mol. The fraction of sp³-hybridized carbons (Fsp3) is 0.263. The Bertz CT molecular complexity index is 1050. The number of hydrogen-bond donors (Lipinski definition) is 0. The lowest BCUT2D eigenvalue weighted by atomic mass is 10.1. The summed E-state index contributed by atoms with van der Waals surface area (Å²) in [5.74, 6) is 0.449. The van der Waals surface area contributed by atoms with Gasteiger partial charge in [-0.15, -0.1) is 10.2 Å². The number of benzene rings is 1. The summed E-state index contributed by atoms with van der Waals surface area (Å²) in [6, 6.07) is 10.3. The maximum absolute atomic E-state index is 13.4. The molecule has 0 unspecified atom stereocenters. The van der Waals surface area contributed by atoms with Gasteiger partial charge in [0.15, 0.2) is 17.2 Å². The molecule has 0 saturated carbocycles. The molecule has 2 heterocycles. The van der Waals surface area contributed by atoms with Gasteiger partial charge in [0.2, 0.25) is 5.88 Å². The van der Waals surface area contributed by atoms with Gasteiger partial charge in [0, 0.05) is 18.8 Å². The van der Waals surface area contributed by atoms with E-state index in [9.17, 15) is 18.4 Å². The highest BCUT2D eigenvalue weighted by Crippen LogP contribution is 2.37. The summed E-state index contributed by atoms with van der Waals surface area (Å²) in [5, 5.41) is 17.2. The molecule has 0 N–H and O–H groups in total. The first-order chi connectivity index (χ1) is 13.1. The number of rotatable bonds is 4. The molecule has 1 aromatic carbocycles. The van der Waals surface area contributed by atoms with Gasteiger partial charge in [-0.1, -0.05) is 18.2 Å². The third-order valence-corrected chi connectivity index (χ3v) is 4.13. The quantitative estimate of drug-likeness (QED) is 0.674. The zero-order chi connectivity index (χ0) is 20.5. The molecule has 0 bridgehead atoms. The molecule has 0 saturated heterocycles. The van der Waals surface area contributed by atoms with Gasteiger partial charge in [-0.3, -0.25) is 0 Å². The zero-order valence-electron chi connectivity index (χ0n) is 15.3. The van der Waals surface area contributed by atoms with Crippen LogP contribution in [0.1, 0.15) is 30.8 Å². The maximum Gasteiger partial charge on any atom is 0.417 e. The van der Waals surface area contributed by atoms with Crippen LogP contribution in [0.5, 0.6) is 5.88 Å². The van der Waals surface area contributed by atoms with E-state index in [0.29, 0.717) is 0 Å². The number of ether oxygens (including phenoxy) is 1. The lowest BCUT2D eigenvalue weighted by Crippen LogP contribution is -2.30. The predicted molar refractivity (Wildman–Crippen MR) is 94.0 cm³/mol. The minimum Gasteiger partial charge on any atom is -0.462 e. The summed E-state index contributed by atoms with van der Waals surface area (Å²) >= 11 is 0. The van der Waals surface area contributed by atoms with E-state index in [0.717, 1.165) is 6.07 Å². The van der Waals surface area contributed by atoms with Crippen LogP contribution in [-0.2, 0) is 18.8 Å². The highest BCUT2D eigenvalue weighted by molar-refractivity contribution is 5.61. The van der Waals surface area contributed by atoms with Gasteiger partial charge >= 0.3 is 6.18 Å². The van der Waals surface area contributed by atoms with E-state index in [1.54, 1.807) is 33.0 Å². The first-order valence-corrected chi connectivity index (χ1v) is 8.25. The Hall–Kier alpha value is -3.41. The third-order valence-electron chi connectivity index (χ3n) is 4.13. The highest BCUT2D eigenvalue weighted by atomic mass is 19.4. The third kappa shape index (κ3) is 3.53. The molecule has 28 heavy (non-hydrogen) atoms. The van der Waals surface area contributed by atoms with Crippen LogP contribution < -0.4 is 4.74 Å². The molecule has 0 aliphatic carbocycles. The smallest absolute Gasteiger partial charge is 0.417 e. The topological polar surface area (TPSA) is 76.6 Å². The van der Waals surface area contributed by atoms with E-state index in [4.69, 9.17) is 4.74 Å². The second kappa shape index (κ2) is 6.96. The molecule has 0 fully saturated rings. The number of halogens is 3. The Morgan fingerprint density at radius 1 is 1.07 bits per heavy atom. The minimum absolute atomic E-state index is 0.0566. The van der Waals surface area contributed by atoms with Crippen LogP contribution in [0.25, 0.3) is 11.4 Å². The van der Waals surface area contributed by atoms with Gasteiger partial charge in [0.05, 0.1) is 5.56 Å². The molecule has 0 amide bonds. The van der Waals surface area contributed by atoms with Gasteiger partial charge in [0.25, 0.3) is 0 Å². The van der Waals surface area contributed by atoms with Crippen LogP contribution in [0, 0.1) is 11.3 Å². The van der Waals surface area contributed by atoms with Crippen LogP contribution in [0.2, 0.25) is 0 Å². The van der Waals surface area contributed by atoms with Crippen molar-refractivity contribution in [3.05, 3.63) is 59.5 Å². The predicted octanol–water partition coefficient (Wildman–Crippen LogP) is 4.08. The van der Waals surface area contributed by atoms with Crippen molar-refractivity contribution in [3.8, 4) is 23.3 Å². The molecule has 3 aromatic rings. The number of aromatic nitrogens is 4. The van der Waals surface area contributed by atoms with E-state index in [1.165, 1.54) is 29.0 Å². The summed E-state index contributed by atoms with van der Waals surface area (Å²) < 4.78 is 47.4. The van der Waals surface area contributed by atoms with Gasteiger partial charge in [-0.05, 0) is 32.0 Å². The lowest BCUT2D eigenvalue weighted by Gasteiger charge is -2.25. The molecule has 0 spiro atoms. The Balaban J connectivity index is 2.03. The van der Waals surface area contributed by atoms with Crippen LogP contribution in [0.3, 0.4) is 0 Å². The van der Waals surface area contributed by atoms with Gasteiger partial charge in [-0.25, -0.2) is 4.98 Å². The fourth-order valence-electron chi connectivity index (χ4n) is 2.86. The van der Waals surface area contributed by atoms with Crippen LogP contribution >= 0.6 is 0 Å². The van der Waals surface area contributed by atoms with Crippen molar-refractivity contribution >= 4 is 0 Å². The van der Waals surface area contributed by atoms with E-state index >= 15 is 0 Å². The first-order valence-electron chi connectivity index (χ1n) is 8.25. The average molecular weight is 387 g/mol. The second-order valence-corrected chi connectivity index (χ2v) is 6.53. The fourth-order valence-corrected chi connectivity index (χ4v) is 2.86. The standard InChI is InChI=1S/C19H16F3N5O/c1-18(2,28-16-12(11-23)7-6-10-24-16)17-26-25-15(27(17)3)13-8-4-5-9-14(13)19(20,21)22/h4-10H,1-3H3. The number of nitriles is 1. The molecule has 2 aromatic heterocycles. The normalized spacial score (nSPS) is 11.9. The summed E-state index contributed by atoms with van der Waals surface area (Å²) in [7, 11) is 1.56. The molecule has 3 rings (SSSR count). The Morgan fingerprint density at radius 3 is 2.46 bits per heavy atom. The Labute approximate surface area is 159 Å². The van der Waals surface area contributed by atoms with Crippen molar-refractivity contribution in [1.82, 2.24) is 19.7 Å². The molecule has 0 aliphatic rings. The summed E-state index contributed by atoms with van der Waals surface area (Å²) in [5.41, 5.74) is -1.75. The number of nitrogens with zero attached hydrogens (tertiary/aromatic N) is 5. The summed E-state index contributed by atoms with van der Waals surface area (Å²) in [4.78, 5) is 4.05. The minimum atomic E-state index is -4.52. The Morgan fingerprint density at radius 2 is 1.79 bits per heavy atom. The molecule has 9 heteroatoms. The highest BCUT2D eigenvalue weighted by Gasteiger charge is 2.36. The van der Waals surface area contributed by atoms with Crippen molar-refractivity contribution < 1.29 is 17.9 Å². The number of pyridine rings is 1. The van der Waals surface area contributed by atoms with Crippen molar-refractivity contribution in [1.29, 1.82) is 5.26 Å². The van der Waals surface area contributed by atoms with Crippen LogP contribution in [-0.4, -0.2) is 19.7 Å². The molecule has 0 radical (unpaired) electrons.